The number of rotatable bonds is 5. The van der Waals surface area contributed by atoms with Gasteiger partial charge in [-0.25, -0.2) is 0 Å². The van der Waals surface area contributed by atoms with Crippen molar-refractivity contribution in [2.24, 2.45) is 5.73 Å². The van der Waals surface area contributed by atoms with E-state index in [-0.39, 0.29) is 10.2 Å². The lowest BCUT2D eigenvalue weighted by Crippen LogP contribution is -2.23. The van der Waals surface area contributed by atoms with E-state index in [1.54, 1.807) is 12.3 Å². The third-order valence-corrected chi connectivity index (χ3v) is 3.63. The Morgan fingerprint density at radius 1 is 1.75 bits per heavy atom. The summed E-state index contributed by atoms with van der Waals surface area (Å²) < 4.78 is 11.2. The Hall–Kier alpha value is -1.08. The zero-order chi connectivity index (χ0) is 12.1. The molecule has 0 saturated heterocycles. The van der Waals surface area contributed by atoms with Crippen molar-refractivity contribution in [2.45, 2.75) is 12.2 Å². The third-order valence-electron chi connectivity index (χ3n) is 2.11. The number of anilines is 1. The smallest absolute Gasteiger partial charge is 0.158 e. The second-order valence-corrected chi connectivity index (χ2v) is 5.59. The molecule has 0 aliphatic heterocycles. The van der Waals surface area contributed by atoms with Crippen LogP contribution in [0.5, 0.6) is 0 Å². The average Bonchev–Trinajstić information content (AvgIpc) is 2.25. The summed E-state index contributed by atoms with van der Waals surface area (Å²) in [5, 5.41) is 10.7. The molecular formula is C9H14N4OS2. The monoisotopic (exact) mass is 258 g/mol. The van der Waals surface area contributed by atoms with Gasteiger partial charge < -0.3 is 11.1 Å². The molecule has 0 aliphatic rings. The minimum Gasteiger partial charge on any atom is -0.389 e. The van der Waals surface area contributed by atoms with Crippen LogP contribution in [0, 0.1) is 0 Å². The van der Waals surface area contributed by atoms with Gasteiger partial charge in [-0.15, -0.1) is 5.10 Å². The molecule has 0 spiro atoms. The second kappa shape index (κ2) is 5.86. The largest absolute Gasteiger partial charge is 0.389 e. The molecule has 0 bridgehead atoms. The molecule has 0 aliphatic carbocycles. The number of nitrogens with zero attached hydrogens (tertiary/aromatic N) is 2. The molecule has 2 unspecified atom stereocenters. The highest BCUT2D eigenvalue weighted by molar-refractivity contribution is 7.84. The molecule has 2 atom stereocenters. The summed E-state index contributed by atoms with van der Waals surface area (Å²) in [4.78, 5) is 0.266. The quantitative estimate of drug-likeness (QED) is 0.739. The van der Waals surface area contributed by atoms with Crippen LogP contribution in [0.4, 0.5) is 5.82 Å². The Bertz CT molecular complexity index is 410. The fourth-order valence-corrected chi connectivity index (χ4v) is 1.50. The molecule has 0 fully saturated rings. The first-order valence-corrected chi connectivity index (χ1v) is 6.73. The van der Waals surface area contributed by atoms with E-state index in [0.29, 0.717) is 17.9 Å². The first-order chi connectivity index (χ1) is 7.52. The Kier molecular flexibility index (Phi) is 4.75. The molecule has 1 aromatic heterocycles. The van der Waals surface area contributed by atoms with E-state index in [1.807, 2.05) is 6.92 Å². The van der Waals surface area contributed by atoms with Gasteiger partial charge >= 0.3 is 0 Å². The van der Waals surface area contributed by atoms with Crippen LogP contribution < -0.4 is 11.1 Å². The van der Waals surface area contributed by atoms with E-state index in [0.717, 1.165) is 0 Å². The molecule has 1 aromatic rings. The number of thiocarbonyl (C=S) groups is 1. The first kappa shape index (κ1) is 13.0. The first-order valence-electron chi connectivity index (χ1n) is 4.70. The van der Waals surface area contributed by atoms with Crippen LogP contribution in [0.15, 0.2) is 12.3 Å². The van der Waals surface area contributed by atoms with Crippen LogP contribution in [0.2, 0.25) is 0 Å². The van der Waals surface area contributed by atoms with Crippen molar-refractivity contribution >= 4 is 33.8 Å². The lowest BCUT2D eigenvalue weighted by molar-refractivity contribution is 0.678. The third kappa shape index (κ3) is 3.49. The maximum atomic E-state index is 11.2. The predicted octanol–water partition coefficient (Wildman–Crippen LogP) is 0.290. The standard InChI is InChI=1S/C9H14N4OS2/c1-6(16(2)14)5-11-9-7(8(10)15)3-4-12-13-9/h3-4,6H,5H2,1-2H3,(H2,10,15)(H,11,13). The topological polar surface area (TPSA) is 80.9 Å². The van der Waals surface area contributed by atoms with Crippen molar-refractivity contribution in [3.63, 3.8) is 0 Å². The molecule has 3 N–H and O–H groups in total. The predicted molar refractivity (Wildman–Crippen MR) is 69.9 cm³/mol. The van der Waals surface area contributed by atoms with Crippen LogP contribution >= 0.6 is 12.2 Å². The van der Waals surface area contributed by atoms with Gasteiger partial charge in [0.2, 0.25) is 0 Å². The molecule has 0 aromatic carbocycles. The fraction of sp³-hybridized carbons (Fsp3) is 0.444. The van der Waals surface area contributed by atoms with E-state index in [9.17, 15) is 4.21 Å². The van der Waals surface area contributed by atoms with Gasteiger partial charge in [0.15, 0.2) is 5.82 Å². The minimum atomic E-state index is -0.876. The molecule has 1 rings (SSSR count). The van der Waals surface area contributed by atoms with Crippen molar-refractivity contribution in [1.29, 1.82) is 0 Å². The van der Waals surface area contributed by atoms with E-state index < -0.39 is 10.8 Å². The molecule has 1 heterocycles. The van der Waals surface area contributed by atoms with Gasteiger partial charge in [-0.3, -0.25) is 4.21 Å². The number of nitrogens with two attached hydrogens (primary N) is 1. The molecular weight excluding hydrogens is 244 g/mol. The van der Waals surface area contributed by atoms with Crippen molar-refractivity contribution in [3.8, 4) is 0 Å². The summed E-state index contributed by atoms with van der Waals surface area (Å²) in [5.74, 6) is 0.535. The summed E-state index contributed by atoms with van der Waals surface area (Å²) in [5.41, 5.74) is 6.20. The summed E-state index contributed by atoms with van der Waals surface area (Å²) in [7, 11) is -0.876. The van der Waals surface area contributed by atoms with Crippen LogP contribution in [0.1, 0.15) is 12.5 Å². The highest BCUT2D eigenvalue weighted by Crippen LogP contribution is 2.10. The zero-order valence-electron chi connectivity index (χ0n) is 9.14. The van der Waals surface area contributed by atoms with Gasteiger partial charge in [0.05, 0.1) is 11.8 Å². The molecule has 16 heavy (non-hydrogen) atoms. The summed E-state index contributed by atoms with van der Waals surface area (Å²) in [6, 6.07) is 1.70. The van der Waals surface area contributed by atoms with Gasteiger partial charge in [-0.1, -0.05) is 12.2 Å². The Labute approximate surface area is 102 Å². The average molecular weight is 258 g/mol. The maximum absolute atomic E-state index is 11.2. The van der Waals surface area contributed by atoms with Crippen molar-refractivity contribution < 1.29 is 4.21 Å². The number of nitrogens with one attached hydrogen (secondary N) is 1. The number of aromatic nitrogens is 2. The van der Waals surface area contributed by atoms with E-state index in [2.05, 4.69) is 15.5 Å². The fourth-order valence-electron chi connectivity index (χ4n) is 1.02. The SMILES string of the molecule is CC(CNc1nnccc1C(N)=S)S(C)=O. The van der Waals surface area contributed by atoms with Crippen molar-refractivity contribution in [2.75, 3.05) is 18.1 Å². The van der Waals surface area contributed by atoms with Gasteiger partial charge in [0.25, 0.3) is 0 Å². The lowest BCUT2D eigenvalue weighted by atomic mass is 10.3. The van der Waals surface area contributed by atoms with E-state index in [1.165, 1.54) is 6.20 Å². The molecule has 88 valence electrons. The summed E-state index contributed by atoms with van der Waals surface area (Å²) in [6.07, 6.45) is 3.19. The highest BCUT2D eigenvalue weighted by Gasteiger charge is 2.10. The number of hydrogen-bond donors (Lipinski definition) is 2. The van der Waals surface area contributed by atoms with Gasteiger partial charge in [-0.05, 0) is 13.0 Å². The van der Waals surface area contributed by atoms with Crippen LogP contribution in [-0.4, -0.2) is 37.4 Å². The zero-order valence-corrected chi connectivity index (χ0v) is 10.8. The Morgan fingerprint density at radius 2 is 2.44 bits per heavy atom. The lowest BCUT2D eigenvalue weighted by Gasteiger charge is -2.12. The molecule has 7 heteroatoms. The second-order valence-electron chi connectivity index (χ2n) is 3.35. The molecule has 0 radical (unpaired) electrons. The Balaban J connectivity index is 2.74. The van der Waals surface area contributed by atoms with Crippen molar-refractivity contribution in [3.05, 3.63) is 17.8 Å². The molecule has 5 nitrogen and oxygen atoms in total. The van der Waals surface area contributed by atoms with E-state index in [4.69, 9.17) is 18.0 Å². The van der Waals surface area contributed by atoms with E-state index >= 15 is 0 Å². The Morgan fingerprint density at radius 3 is 3.00 bits per heavy atom. The highest BCUT2D eigenvalue weighted by atomic mass is 32.2. The molecule has 0 saturated carbocycles. The van der Waals surface area contributed by atoms with Crippen molar-refractivity contribution in [1.82, 2.24) is 10.2 Å². The number of hydrogen-bond acceptors (Lipinski definition) is 5. The van der Waals surface area contributed by atoms with Gasteiger partial charge in [0, 0.05) is 28.9 Å². The van der Waals surface area contributed by atoms with Crippen LogP contribution in [-0.2, 0) is 10.8 Å². The summed E-state index contributed by atoms with van der Waals surface area (Å²) in [6.45, 7) is 2.43. The van der Waals surface area contributed by atoms with Crippen LogP contribution in [0.25, 0.3) is 0 Å². The van der Waals surface area contributed by atoms with Gasteiger partial charge in [0.1, 0.15) is 4.99 Å². The summed E-state index contributed by atoms with van der Waals surface area (Å²) >= 11 is 4.89. The van der Waals surface area contributed by atoms with Gasteiger partial charge in [-0.2, -0.15) is 5.10 Å². The molecule has 0 amide bonds. The van der Waals surface area contributed by atoms with Crippen LogP contribution in [0.3, 0.4) is 0 Å². The normalized spacial score (nSPS) is 14.1. The minimum absolute atomic E-state index is 0.0289. The maximum Gasteiger partial charge on any atom is 0.158 e.